The van der Waals surface area contributed by atoms with E-state index in [-0.39, 0.29) is 27.9 Å². The maximum atomic E-state index is 11.6. The zero-order valence-corrected chi connectivity index (χ0v) is 11.7. The Morgan fingerprint density at radius 2 is 2.35 bits per heavy atom. The van der Waals surface area contributed by atoms with E-state index < -0.39 is 4.83 Å². The lowest BCUT2D eigenvalue weighted by atomic mass is 9.68. The van der Waals surface area contributed by atoms with Crippen molar-refractivity contribution in [1.82, 2.24) is 0 Å². The van der Waals surface area contributed by atoms with Gasteiger partial charge < -0.3 is 4.74 Å². The molecule has 0 fully saturated rings. The topological polar surface area (TPSA) is 69.4 Å². The lowest BCUT2D eigenvalue weighted by Crippen LogP contribution is -2.42. The number of hydrogen-bond donors (Lipinski definition) is 0. The number of esters is 1. The molecule has 5 nitrogen and oxygen atoms in total. The van der Waals surface area contributed by atoms with Gasteiger partial charge in [-0.25, -0.2) is 0 Å². The second-order valence-corrected chi connectivity index (χ2v) is 5.57. The first kappa shape index (κ1) is 14.2. The highest BCUT2D eigenvalue weighted by molar-refractivity contribution is 9.10. The predicted molar refractivity (Wildman–Crippen MR) is 66.3 cm³/mol. The molecular formula is C11H16BrNO4. The third-order valence-electron chi connectivity index (χ3n) is 3.64. The minimum absolute atomic E-state index is 0.0383. The first-order chi connectivity index (χ1) is 7.82. The zero-order chi connectivity index (χ0) is 13.2. The maximum Gasteiger partial charge on any atom is 0.320 e. The average molecular weight is 306 g/mol. The number of nitro groups is 1. The van der Waals surface area contributed by atoms with Gasteiger partial charge in [0.15, 0.2) is 0 Å². The van der Waals surface area contributed by atoms with E-state index in [9.17, 15) is 14.9 Å². The van der Waals surface area contributed by atoms with Gasteiger partial charge in [0.05, 0.1) is 12.0 Å². The lowest BCUT2D eigenvalue weighted by molar-refractivity contribution is -0.431. The van der Waals surface area contributed by atoms with E-state index in [1.165, 1.54) is 7.11 Å². The van der Waals surface area contributed by atoms with Crippen molar-refractivity contribution in [2.24, 2.45) is 11.3 Å². The SMILES string of the molecule is COC(=O)C(Br)C1(C)CC=C([N+](=O)[O-])CC1C. The minimum atomic E-state index is -0.445. The Morgan fingerprint density at radius 1 is 1.76 bits per heavy atom. The summed E-state index contributed by atoms with van der Waals surface area (Å²) >= 11 is 3.34. The van der Waals surface area contributed by atoms with E-state index >= 15 is 0 Å². The van der Waals surface area contributed by atoms with Gasteiger partial charge in [-0.2, -0.15) is 0 Å². The van der Waals surface area contributed by atoms with Crippen LogP contribution in [0.2, 0.25) is 0 Å². The van der Waals surface area contributed by atoms with E-state index in [0.717, 1.165) is 0 Å². The number of carbonyl (C=O) groups is 1. The number of carbonyl (C=O) groups excluding carboxylic acids is 1. The van der Waals surface area contributed by atoms with Crippen molar-refractivity contribution >= 4 is 21.9 Å². The molecule has 96 valence electrons. The van der Waals surface area contributed by atoms with Gasteiger partial charge in [-0.15, -0.1) is 0 Å². The molecule has 0 radical (unpaired) electrons. The fraction of sp³-hybridized carbons (Fsp3) is 0.727. The Kier molecular flexibility index (Phi) is 4.30. The normalized spacial score (nSPS) is 30.4. The van der Waals surface area contributed by atoms with Crippen molar-refractivity contribution < 1.29 is 14.5 Å². The molecule has 1 aliphatic rings. The molecular weight excluding hydrogens is 290 g/mol. The lowest BCUT2D eigenvalue weighted by Gasteiger charge is -2.39. The summed E-state index contributed by atoms with van der Waals surface area (Å²) in [6.07, 6.45) is 2.48. The number of alkyl halides is 1. The van der Waals surface area contributed by atoms with Crippen molar-refractivity contribution in [2.45, 2.75) is 31.5 Å². The Labute approximate surface area is 108 Å². The molecule has 1 rings (SSSR count). The largest absolute Gasteiger partial charge is 0.468 e. The van der Waals surface area contributed by atoms with Gasteiger partial charge in [0.2, 0.25) is 5.70 Å². The summed E-state index contributed by atoms with van der Waals surface area (Å²) in [5.74, 6) is -0.298. The molecule has 0 saturated carbocycles. The smallest absolute Gasteiger partial charge is 0.320 e. The van der Waals surface area contributed by atoms with Crippen LogP contribution in [-0.2, 0) is 9.53 Å². The summed E-state index contributed by atoms with van der Waals surface area (Å²) in [6, 6.07) is 0. The van der Waals surface area contributed by atoms with E-state index in [2.05, 4.69) is 15.9 Å². The summed E-state index contributed by atoms with van der Waals surface area (Å²) in [5.41, 5.74) is -0.119. The first-order valence-corrected chi connectivity index (χ1v) is 6.29. The molecule has 0 aliphatic heterocycles. The van der Waals surface area contributed by atoms with Gasteiger partial charge in [0, 0.05) is 6.42 Å². The fourth-order valence-electron chi connectivity index (χ4n) is 2.04. The second kappa shape index (κ2) is 5.16. The van der Waals surface area contributed by atoms with Gasteiger partial charge >= 0.3 is 5.97 Å². The Morgan fingerprint density at radius 3 is 2.76 bits per heavy atom. The number of allylic oxidation sites excluding steroid dienone is 2. The molecule has 0 aromatic rings. The van der Waals surface area contributed by atoms with Crippen LogP contribution in [0.15, 0.2) is 11.8 Å². The molecule has 0 aromatic carbocycles. The average Bonchev–Trinajstić information content (AvgIpc) is 2.30. The number of ether oxygens (including phenoxy) is 1. The van der Waals surface area contributed by atoms with Gasteiger partial charge in [-0.3, -0.25) is 14.9 Å². The molecule has 17 heavy (non-hydrogen) atoms. The maximum absolute atomic E-state index is 11.6. The minimum Gasteiger partial charge on any atom is -0.468 e. The Bertz CT molecular complexity index is 368. The highest BCUT2D eigenvalue weighted by atomic mass is 79.9. The molecule has 3 atom stereocenters. The third-order valence-corrected chi connectivity index (χ3v) is 5.06. The van der Waals surface area contributed by atoms with E-state index in [1.807, 2.05) is 13.8 Å². The molecule has 6 heteroatoms. The van der Waals surface area contributed by atoms with Crippen LogP contribution in [0.5, 0.6) is 0 Å². The Balaban J connectivity index is 2.93. The van der Waals surface area contributed by atoms with Crippen LogP contribution in [0.25, 0.3) is 0 Å². The molecule has 0 N–H and O–H groups in total. The summed E-state index contributed by atoms with van der Waals surface area (Å²) < 4.78 is 4.71. The van der Waals surface area contributed by atoms with E-state index in [1.54, 1.807) is 6.08 Å². The van der Waals surface area contributed by atoms with Crippen LogP contribution < -0.4 is 0 Å². The number of rotatable bonds is 3. The summed E-state index contributed by atoms with van der Waals surface area (Å²) in [7, 11) is 1.34. The quantitative estimate of drug-likeness (QED) is 0.348. The fourth-order valence-corrected chi connectivity index (χ4v) is 2.87. The van der Waals surface area contributed by atoms with Crippen LogP contribution in [0.1, 0.15) is 26.7 Å². The van der Waals surface area contributed by atoms with Gasteiger partial charge in [-0.1, -0.05) is 29.8 Å². The highest BCUT2D eigenvalue weighted by Crippen LogP contribution is 2.45. The molecule has 0 spiro atoms. The molecule has 0 saturated heterocycles. The molecule has 3 unspecified atom stereocenters. The van der Waals surface area contributed by atoms with Crippen LogP contribution >= 0.6 is 15.9 Å². The first-order valence-electron chi connectivity index (χ1n) is 5.38. The van der Waals surface area contributed by atoms with Crippen molar-refractivity contribution in [3.63, 3.8) is 0 Å². The predicted octanol–water partition coefficient (Wildman–Crippen LogP) is 2.52. The van der Waals surface area contributed by atoms with Gasteiger partial charge in [0.1, 0.15) is 4.83 Å². The molecule has 0 bridgehead atoms. The van der Waals surface area contributed by atoms with Crippen LogP contribution in [0, 0.1) is 21.4 Å². The van der Waals surface area contributed by atoms with E-state index in [4.69, 9.17) is 4.74 Å². The molecule has 0 heterocycles. The van der Waals surface area contributed by atoms with Gasteiger partial charge in [-0.05, 0) is 23.8 Å². The summed E-state index contributed by atoms with van der Waals surface area (Å²) in [6.45, 7) is 3.87. The standard InChI is InChI=1S/C11H16BrNO4/c1-7-6-8(13(15)16)4-5-11(7,2)9(12)10(14)17-3/h4,7,9H,5-6H2,1-3H3. The van der Waals surface area contributed by atoms with Crippen molar-refractivity contribution in [3.05, 3.63) is 21.9 Å². The Hall–Kier alpha value is -0.910. The molecule has 0 amide bonds. The van der Waals surface area contributed by atoms with Crippen LogP contribution in [-0.4, -0.2) is 22.8 Å². The van der Waals surface area contributed by atoms with Crippen LogP contribution in [0.3, 0.4) is 0 Å². The van der Waals surface area contributed by atoms with Crippen molar-refractivity contribution in [2.75, 3.05) is 7.11 Å². The van der Waals surface area contributed by atoms with E-state index in [0.29, 0.717) is 12.8 Å². The summed E-state index contributed by atoms with van der Waals surface area (Å²) in [4.78, 5) is 21.5. The monoisotopic (exact) mass is 305 g/mol. The molecule has 1 aliphatic carbocycles. The summed E-state index contributed by atoms with van der Waals surface area (Å²) in [5, 5.41) is 10.7. The van der Waals surface area contributed by atoms with Crippen molar-refractivity contribution in [1.29, 1.82) is 0 Å². The van der Waals surface area contributed by atoms with Crippen molar-refractivity contribution in [3.8, 4) is 0 Å². The number of nitrogens with zero attached hydrogens (tertiary/aromatic N) is 1. The number of halogens is 1. The number of methoxy groups -OCH3 is 1. The highest BCUT2D eigenvalue weighted by Gasteiger charge is 2.45. The van der Waals surface area contributed by atoms with Crippen LogP contribution in [0.4, 0.5) is 0 Å². The zero-order valence-electron chi connectivity index (χ0n) is 10.1. The third kappa shape index (κ3) is 2.68. The second-order valence-electron chi connectivity index (χ2n) is 4.65. The van der Waals surface area contributed by atoms with Gasteiger partial charge in [0.25, 0.3) is 0 Å². The molecule has 0 aromatic heterocycles. The number of hydrogen-bond acceptors (Lipinski definition) is 4.